The number of benzene rings is 1. The Hall–Kier alpha value is -0.930. The largest absolute Gasteiger partial charge is 0.378 e. The third-order valence-electron chi connectivity index (χ3n) is 3.15. The van der Waals surface area contributed by atoms with Crippen LogP contribution in [-0.2, 0) is 16.0 Å². The van der Waals surface area contributed by atoms with Crippen LogP contribution >= 0.6 is 11.6 Å². The van der Waals surface area contributed by atoms with Crippen LogP contribution in [-0.4, -0.2) is 18.5 Å². The molecule has 0 N–H and O–H groups in total. The SMILES string of the molecule is CC1OCCC1C(=O)Cc1ccc(Cl)c(F)c1. The van der Waals surface area contributed by atoms with Gasteiger partial charge in [0.25, 0.3) is 0 Å². The van der Waals surface area contributed by atoms with Crippen LogP contribution in [0.5, 0.6) is 0 Å². The highest BCUT2D eigenvalue weighted by Crippen LogP contribution is 2.23. The third-order valence-corrected chi connectivity index (χ3v) is 3.46. The van der Waals surface area contributed by atoms with E-state index in [1.165, 1.54) is 12.1 Å². The number of halogens is 2. The van der Waals surface area contributed by atoms with Gasteiger partial charge in [0, 0.05) is 18.9 Å². The number of carbonyl (C=O) groups excluding carboxylic acids is 1. The molecule has 1 heterocycles. The average molecular weight is 257 g/mol. The van der Waals surface area contributed by atoms with Crippen molar-refractivity contribution in [3.05, 3.63) is 34.6 Å². The van der Waals surface area contributed by atoms with Gasteiger partial charge in [-0.25, -0.2) is 4.39 Å². The van der Waals surface area contributed by atoms with Crippen LogP contribution in [0.3, 0.4) is 0 Å². The number of rotatable bonds is 3. The summed E-state index contributed by atoms with van der Waals surface area (Å²) in [6.07, 6.45) is 0.974. The van der Waals surface area contributed by atoms with E-state index in [9.17, 15) is 9.18 Å². The van der Waals surface area contributed by atoms with Gasteiger partial charge in [-0.15, -0.1) is 0 Å². The molecule has 1 aliphatic heterocycles. The Balaban J connectivity index is 2.05. The number of ether oxygens (including phenoxy) is 1. The van der Waals surface area contributed by atoms with E-state index >= 15 is 0 Å². The number of hydrogen-bond donors (Lipinski definition) is 0. The normalized spacial score (nSPS) is 23.9. The third kappa shape index (κ3) is 2.85. The van der Waals surface area contributed by atoms with Crippen molar-refractivity contribution < 1.29 is 13.9 Å². The predicted molar refractivity (Wildman–Crippen MR) is 63.6 cm³/mol. The second-order valence-electron chi connectivity index (χ2n) is 4.36. The Kier molecular flexibility index (Phi) is 3.79. The fourth-order valence-corrected chi connectivity index (χ4v) is 2.25. The number of carbonyl (C=O) groups is 1. The average Bonchev–Trinajstić information content (AvgIpc) is 2.70. The first-order chi connectivity index (χ1) is 8.08. The van der Waals surface area contributed by atoms with E-state index in [0.717, 1.165) is 6.42 Å². The van der Waals surface area contributed by atoms with Crippen molar-refractivity contribution in [3.8, 4) is 0 Å². The van der Waals surface area contributed by atoms with Gasteiger partial charge < -0.3 is 4.74 Å². The summed E-state index contributed by atoms with van der Waals surface area (Å²) in [6.45, 7) is 2.53. The van der Waals surface area contributed by atoms with E-state index in [-0.39, 0.29) is 29.2 Å². The van der Waals surface area contributed by atoms with Gasteiger partial charge in [0.15, 0.2) is 0 Å². The molecule has 17 heavy (non-hydrogen) atoms. The van der Waals surface area contributed by atoms with E-state index < -0.39 is 5.82 Å². The van der Waals surface area contributed by atoms with Gasteiger partial charge in [0.2, 0.25) is 0 Å². The molecule has 1 saturated heterocycles. The maximum absolute atomic E-state index is 13.2. The summed E-state index contributed by atoms with van der Waals surface area (Å²) >= 11 is 5.59. The summed E-state index contributed by atoms with van der Waals surface area (Å²) in [4.78, 5) is 12.0. The van der Waals surface area contributed by atoms with E-state index in [4.69, 9.17) is 16.3 Å². The summed E-state index contributed by atoms with van der Waals surface area (Å²) < 4.78 is 18.6. The van der Waals surface area contributed by atoms with Gasteiger partial charge in [-0.3, -0.25) is 4.79 Å². The quantitative estimate of drug-likeness (QED) is 0.831. The Morgan fingerprint density at radius 3 is 2.94 bits per heavy atom. The molecule has 0 spiro atoms. The Bertz CT molecular complexity index is 433. The second kappa shape index (κ2) is 5.15. The van der Waals surface area contributed by atoms with Crippen molar-refractivity contribution in [2.75, 3.05) is 6.61 Å². The first kappa shape index (κ1) is 12.5. The Morgan fingerprint density at radius 1 is 1.59 bits per heavy atom. The second-order valence-corrected chi connectivity index (χ2v) is 4.77. The van der Waals surface area contributed by atoms with Crippen LogP contribution in [0.1, 0.15) is 18.9 Å². The minimum Gasteiger partial charge on any atom is -0.378 e. The first-order valence-electron chi connectivity index (χ1n) is 5.66. The molecule has 2 atom stereocenters. The fraction of sp³-hybridized carbons (Fsp3) is 0.462. The van der Waals surface area contributed by atoms with Crippen LogP contribution in [0.2, 0.25) is 5.02 Å². The first-order valence-corrected chi connectivity index (χ1v) is 6.04. The molecule has 92 valence electrons. The van der Waals surface area contributed by atoms with Crippen LogP contribution < -0.4 is 0 Å². The van der Waals surface area contributed by atoms with Crippen LogP contribution in [0.25, 0.3) is 0 Å². The van der Waals surface area contributed by atoms with Crippen LogP contribution in [0.15, 0.2) is 18.2 Å². The Labute approximate surface area is 105 Å². The molecule has 1 aliphatic rings. The molecule has 4 heteroatoms. The molecule has 1 aromatic rings. The lowest BCUT2D eigenvalue weighted by molar-refractivity contribution is -0.123. The molecule has 0 bridgehead atoms. The standard InChI is InChI=1S/C13H14ClFO2/c1-8-10(4-5-17-8)13(16)7-9-2-3-11(14)12(15)6-9/h2-3,6,8,10H,4-5,7H2,1H3. The monoisotopic (exact) mass is 256 g/mol. The zero-order chi connectivity index (χ0) is 12.4. The summed E-state index contributed by atoms with van der Waals surface area (Å²) in [5.41, 5.74) is 0.663. The molecule has 2 unspecified atom stereocenters. The van der Waals surface area contributed by atoms with Gasteiger partial charge in [-0.2, -0.15) is 0 Å². The minimum atomic E-state index is -0.479. The molecule has 1 fully saturated rings. The van der Waals surface area contributed by atoms with Crippen molar-refractivity contribution >= 4 is 17.4 Å². The van der Waals surface area contributed by atoms with Gasteiger partial charge in [0.1, 0.15) is 11.6 Å². The van der Waals surface area contributed by atoms with Gasteiger partial charge in [-0.05, 0) is 31.0 Å². The molecule has 2 rings (SSSR count). The summed E-state index contributed by atoms with van der Waals surface area (Å²) in [5, 5.41) is 0.0822. The van der Waals surface area contributed by atoms with Crippen LogP contribution in [0.4, 0.5) is 4.39 Å². The van der Waals surface area contributed by atoms with E-state index in [2.05, 4.69) is 0 Å². The van der Waals surface area contributed by atoms with E-state index in [1.54, 1.807) is 6.07 Å². The highest BCUT2D eigenvalue weighted by atomic mass is 35.5. The summed E-state index contributed by atoms with van der Waals surface area (Å²) in [6, 6.07) is 4.48. The van der Waals surface area contributed by atoms with Gasteiger partial charge in [-0.1, -0.05) is 17.7 Å². The topological polar surface area (TPSA) is 26.3 Å². The molecular weight excluding hydrogens is 243 g/mol. The van der Waals surface area contributed by atoms with Gasteiger partial charge in [0.05, 0.1) is 11.1 Å². The predicted octanol–water partition coefficient (Wildman–Crippen LogP) is 3.02. The molecule has 0 radical (unpaired) electrons. The minimum absolute atomic E-state index is 0.0281. The van der Waals surface area contributed by atoms with Crippen LogP contribution in [0, 0.1) is 11.7 Å². The molecule has 0 aliphatic carbocycles. The zero-order valence-corrected chi connectivity index (χ0v) is 10.3. The molecule has 1 aromatic carbocycles. The lowest BCUT2D eigenvalue weighted by atomic mass is 9.93. The highest BCUT2D eigenvalue weighted by Gasteiger charge is 2.30. The van der Waals surface area contributed by atoms with Crippen molar-refractivity contribution in [1.82, 2.24) is 0 Å². The number of ketones is 1. The molecule has 0 amide bonds. The van der Waals surface area contributed by atoms with Crippen molar-refractivity contribution in [2.24, 2.45) is 5.92 Å². The fourth-order valence-electron chi connectivity index (χ4n) is 2.14. The van der Waals surface area contributed by atoms with Crippen molar-refractivity contribution in [1.29, 1.82) is 0 Å². The maximum atomic E-state index is 13.2. The van der Waals surface area contributed by atoms with Crippen molar-refractivity contribution in [2.45, 2.75) is 25.9 Å². The molecular formula is C13H14ClFO2. The zero-order valence-electron chi connectivity index (χ0n) is 9.58. The summed E-state index contributed by atoms with van der Waals surface area (Å²) in [7, 11) is 0. The smallest absolute Gasteiger partial charge is 0.142 e. The highest BCUT2D eigenvalue weighted by molar-refractivity contribution is 6.30. The number of hydrogen-bond acceptors (Lipinski definition) is 2. The van der Waals surface area contributed by atoms with Gasteiger partial charge >= 0.3 is 0 Å². The molecule has 2 nitrogen and oxygen atoms in total. The maximum Gasteiger partial charge on any atom is 0.142 e. The Morgan fingerprint density at radius 2 is 2.35 bits per heavy atom. The van der Waals surface area contributed by atoms with E-state index in [0.29, 0.717) is 12.2 Å². The lowest BCUT2D eigenvalue weighted by Gasteiger charge is -2.12. The van der Waals surface area contributed by atoms with E-state index in [1.807, 2.05) is 6.92 Å². The summed E-state index contributed by atoms with van der Waals surface area (Å²) in [5.74, 6) is -0.432. The molecule has 0 saturated carbocycles. The lowest BCUT2D eigenvalue weighted by Crippen LogP contribution is -2.23. The number of Topliss-reactive ketones (excluding diaryl/α,β-unsaturated/α-hetero) is 1. The van der Waals surface area contributed by atoms with Crippen molar-refractivity contribution in [3.63, 3.8) is 0 Å². The molecule has 0 aromatic heterocycles.